The van der Waals surface area contributed by atoms with Gasteiger partial charge in [-0.25, -0.2) is 4.98 Å². The fraction of sp³-hybridized carbons (Fsp3) is 0.348. The molecule has 1 saturated carbocycles. The van der Waals surface area contributed by atoms with Crippen LogP contribution in [-0.4, -0.2) is 33.5 Å². The maximum Gasteiger partial charge on any atom is 0.197 e. The van der Waals surface area contributed by atoms with Crippen molar-refractivity contribution in [1.82, 2.24) is 4.98 Å². The molecule has 2 aromatic carbocycles. The zero-order valence-electron chi connectivity index (χ0n) is 16.1. The van der Waals surface area contributed by atoms with Gasteiger partial charge in [0.15, 0.2) is 5.89 Å². The topological polar surface area (TPSA) is 86.7 Å². The zero-order chi connectivity index (χ0) is 20.2. The Bertz CT molecular complexity index is 936. The molecule has 1 heterocycles. The van der Waals surface area contributed by atoms with Gasteiger partial charge in [-0.15, -0.1) is 0 Å². The Morgan fingerprint density at radius 3 is 2.52 bits per heavy atom. The number of aliphatic hydroxyl groups excluding tert-OH is 3. The third-order valence-corrected chi connectivity index (χ3v) is 6.34. The van der Waals surface area contributed by atoms with Crippen molar-refractivity contribution in [3.05, 3.63) is 66.2 Å². The van der Waals surface area contributed by atoms with Gasteiger partial charge in [-0.05, 0) is 43.0 Å². The first-order chi connectivity index (χ1) is 14.2. The second kappa shape index (κ2) is 9.13. The summed E-state index contributed by atoms with van der Waals surface area (Å²) in [6, 6.07) is 15.8. The molecule has 2 unspecified atom stereocenters. The van der Waals surface area contributed by atoms with E-state index in [0.717, 1.165) is 45.3 Å². The second-order valence-corrected chi connectivity index (χ2v) is 8.52. The molecule has 152 valence electrons. The molecule has 5 nitrogen and oxygen atoms in total. The van der Waals surface area contributed by atoms with Crippen LogP contribution in [0.15, 0.2) is 69.0 Å². The Labute approximate surface area is 174 Å². The lowest BCUT2D eigenvalue weighted by molar-refractivity contribution is 0.0493. The summed E-state index contributed by atoms with van der Waals surface area (Å²) in [6.45, 7) is -0.237. The first kappa shape index (κ1) is 20.2. The van der Waals surface area contributed by atoms with Crippen LogP contribution in [0.4, 0.5) is 0 Å². The average molecular weight is 412 g/mol. The van der Waals surface area contributed by atoms with Gasteiger partial charge in [0.1, 0.15) is 12.0 Å². The smallest absolute Gasteiger partial charge is 0.197 e. The Morgan fingerprint density at radius 1 is 1.07 bits per heavy atom. The Hall–Kier alpha value is -2.12. The van der Waals surface area contributed by atoms with E-state index in [1.807, 2.05) is 48.5 Å². The molecule has 6 heteroatoms. The molecular weight excluding hydrogens is 386 g/mol. The van der Waals surface area contributed by atoms with Gasteiger partial charge in [0.25, 0.3) is 0 Å². The van der Waals surface area contributed by atoms with E-state index in [4.69, 9.17) is 4.42 Å². The number of nitrogens with zero attached hydrogens (tertiary/aromatic N) is 1. The minimum Gasteiger partial charge on any atom is -0.448 e. The summed E-state index contributed by atoms with van der Waals surface area (Å²) in [7, 11) is 0. The highest BCUT2D eigenvalue weighted by Gasteiger charge is 2.28. The maximum atomic E-state index is 10.7. The van der Waals surface area contributed by atoms with E-state index in [1.165, 1.54) is 0 Å². The molecule has 3 N–H and O–H groups in total. The minimum absolute atomic E-state index is 0.0659. The van der Waals surface area contributed by atoms with Crippen molar-refractivity contribution >= 4 is 11.8 Å². The highest BCUT2D eigenvalue weighted by Crippen LogP contribution is 2.40. The minimum atomic E-state index is -0.828. The fourth-order valence-corrected chi connectivity index (χ4v) is 4.32. The summed E-state index contributed by atoms with van der Waals surface area (Å²) in [5.41, 5.74) is 2.63. The molecule has 0 spiro atoms. The highest BCUT2D eigenvalue weighted by atomic mass is 32.2. The van der Waals surface area contributed by atoms with Crippen LogP contribution >= 0.6 is 11.8 Å². The molecule has 1 fully saturated rings. The molecule has 29 heavy (non-hydrogen) atoms. The predicted molar refractivity (Wildman–Crippen MR) is 112 cm³/mol. The highest BCUT2D eigenvalue weighted by molar-refractivity contribution is 7.99. The molecular formula is C23H25NO4S. The summed E-state index contributed by atoms with van der Waals surface area (Å²) < 4.78 is 5.58. The second-order valence-electron chi connectivity index (χ2n) is 7.41. The number of rotatable bonds is 9. The van der Waals surface area contributed by atoms with E-state index in [-0.39, 0.29) is 13.2 Å². The number of aromatic nitrogens is 1. The first-order valence-corrected chi connectivity index (χ1v) is 10.7. The van der Waals surface area contributed by atoms with Crippen LogP contribution in [0.3, 0.4) is 0 Å². The van der Waals surface area contributed by atoms with Gasteiger partial charge in [-0.2, -0.15) is 0 Å². The molecule has 1 aromatic heterocycles. The summed E-state index contributed by atoms with van der Waals surface area (Å²) in [5, 5.41) is 29.5. The normalized spacial score (nSPS) is 16.0. The zero-order valence-corrected chi connectivity index (χ0v) is 16.9. The van der Waals surface area contributed by atoms with Gasteiger partial charge in [-0.1, -0.05) is 42.1 Å². The van der Waals surface area contributed by atoms with Crippen molar-refractivity contribution < 1.29 is 19.7 Å². The summed E-state index contributed by atoms with van der Waals surface area (Å²) >= 11 is 1.56. The number of benzene rings is 2. The molecule has 0 bridgehead atoms. The van der Waals surface area contributed by atoms with Gasteiger partial charge in [0.2, 0.25) is 0 Å². The van der Waals surface area contributed by atoms with E-state index in [2.05, 4.69) is 4.98 Å². The van der Waals surface area contributed by atoms with Gasteiger partial charge >= 0.3 is 0 Å². The van der Waals surface area contributed by atoms with Crippen LogP contribution in [0.5, 0.6) is 0 Å². The quantitative estimate of drug-likeness (QED) is 0.484. The summed E-state index contributed by atoms with van der Waals surface area (Å²) in [4.78, 5) is 6.56. The summed E-state index contributed by atoms with van der Waals surface area (Å²) in [6.07, 6.45) is 3.57. The van der Waals surface area contributed by atoms with Crippen LogP contribution in [0, 0.1) is 5.92 Å². The van der Waals surface area contributed by atoms with Gasteiger partial charge in [0.05, 0.1) is 6.10 Å². The van der Waals surface area contributed by atoms with E-state index in [9.17, 15) is 15.3 Å². The molecule has 1 aliphatic carbocycles. The largest absolute Gasteiger partial charge is 0.448 e. The van der Waals surface area contributed by atoms with Gasteiger partial charge < -0.3 is 19.7 Å². The molecule has 4 rings (SSSR count). The third kappa shape index (κ3) is 4.73. The number of hydrogen-bond acceptors (Lipinski definition) is 6. The van der Waals surface area contributed by atoms with Crippen molar-refractivity contribution in [2.45, 2.75) is 41.1 Å². The van der Waals surface area contributed by atoms with Gasteiger partial charge in [0, 0.05) is 40.4 Å². The number of oxazole rings is 1. The van der Waals surface area contributed by atoms with Crippen LogP contribution < -0.4 is 0 Å². The molecule has 0 aliphatic heterocycles. The molecule has 3 aromatic rings. The Morgan fingerprint density at radius 2 is 1.83 bits per heavy atom. The van der Waals surface area contributed by atoms with Crippen LogP contribution in [0.25, 0.3) is 11.3 Å². The van der Waals surface area contributed by atoms with Crippen LogP contribution in [0.1, 0.15) is 42.7 Å². The average Bonchev–Trinajstić information content (AvgIpc) is 3.49. The molecule has 0 radical (unpaired) electrons. The SMILES string of the molecule is OCCC(CO)C(O)c1ccccc1Sc1ccc(-c2coc(C3CC3)n2)cc1. The van der Waals surface area contributed by atoms with Crippen molar-refractivity contribution in [2.24, 2.45) is 5.92 Å². The number of aliphatic hydroxyl groups is 3. The monoisotopic (exact) mass is 411 g/mol. The molecule has 0 amide bonds. The first-order valence-electron chi connectivity index (χ1n) is 9.92. The van der Waals surface area contributed by atoms with Crippen LogP contribution in [-0.2, 0) is 0 Å². The van der Waals surface area contributed by atoms with E-state index >= 15 is 0 Å². The number of hydrogen-bond donors (Lipinski definition) is 3. The third-order valence-electron chi connectivity index (χ3n) is 5.25. The van der Waals surface area contributed by atoms with Crippen molar-refractivity contribution in [3.8, 4) is 11.3 Å². The van der Waals surface area contributed by atoms with Crippen molar-refractivity contribution in [3.63, 3.8) is 0 Å². The lowest BCUT2D eigenvalue weighted by atomic mass is 9.94. The lowest BCUT2D eigenvalue weighted by Gasteiger charge is -2.22. The molecule has 1 aliphatic rings. The lowest BCUT2D eigenvalue weighted by Crippen LogP contribution is -2.18. The molecule has 2 atom stereocenters. The predicted octanol–water partition coefficient (Wildman–Crippen LogP) is 4.39. The maximum absolute atomic E-state index is 10.7. The fourth-order valence-electron chi connectivity index (χ4n) is 3.35. The van der Waals surface area contributed by atoms with Crippen molar-refractivity contribution in [2.75, 3.05) is 13.2 Å². The van der Waals surface area contributed by atoms with Crippen molar-refractivity contribution in [1.29, 1.82) is 0 Å². The van der Waals surface area contributed by atoms with E-state index < -0.39 is 12.0 Å². The standard InChI is InChI=1S/C23H25NO4S/c25-12-11-17(13-26)22(27)19-3-1-2-4-21(19)29-18-9-7-15(8-10-18)20-14-28-23(24-20)16-5-6-16/h1-4,7-10,14,16-17,22,25-27H,5-6,11-13H2. The van der Waals surface area contributed by atoms with E-state index in [0.29, 0.717) is 12.3 Å². The van der Waals surface area contributed by atoms with Crippen LogP contribution in [0.2, 0.25) is 0 Å². The Balaban J connectivity index is 1.50. The molecule has 0 saturated heterocycles. The van der Waals surface area contributed by atoms with E-state index in [1.54, 1.807) is 18.0 Å². The summed E-state index contributed by atoms with van der Waals surface area (Å²) in [5.74, 6) is 0.940. The van der Waals surface area contributed by atoms with Gasteiger partial charge in [-0.3, -0.25) is 0 Å². The Kier molecular flexibility index (Phi) is 6.35.